The van der Waals surface area contributed by atoms with Crippen LogP contribution in [0.5, 0.6) is 11.5 Å². The number of hydrogen-bond acceptors (Lipinski definition) is 3. The Morgan fingerprint density at radius 2 is 1.96 bits per heavy atom. The van der Waals surface area contributed by atoms with Crippen molar-refractivity contribution in [3.05, 3.63) is 54.3 Å². The number of fused-ring (bicyclic) bond motifs is 2. The van der Waals surface area contributed by atoms with Crippen LogP contribution in [0.3, 0.4) is 0 Å². The maximum Gasteiger partial charge on any atom is 0.138 e. The van der Waals surface area contributed by atoms with Crippen molar-refractivity contribution in [3.63, 3.8) is 0 Å². The van der Waals surface area contributed by atoms with Crippen LogP contribution < -0.4 is 9.47 Å². The van der Waals surface area contributed by atoms with Gasteiger partial charge in [-0.05, 0) is 66.7 Å². The van der Waals surface area contributed by atoms with Gasteiger partial charge < -0.3 is 14.6 Å². The van der Waals surface area contributed by atoms with E-state index < -0.39 is 0 Å². The Morgan fingerprint density at radius 1 is 1.18 bits per heavy atom. The van der Waals surface area contributed by atoms with Crippen LogP contribution in [-0.4, -0.2) is 17.8 Å². The minimum absolute atomic E-state index is 0.0711. The zero-order valence-corrected chi connectivity index (χ0v) is 17.3. The van der Waals surface area contributed by atoms with Gasteiger partial charge in [-0.3, -0.25) is 0 Å². The lowest BCUT2D eigenvalue weighted by Gasteiger charge is -2.59. The van der Waals surface area contributed by atoms with E-state index in [2.05, 4.69) is 33.9 Å². The van der Waals surface area contributed by atoms with Gasteiger partial charge in [-0.15, -0.1) is 0 Å². The molecule has 3 aliphatic rings. The minimum Gasteiger partial charge on any atom is -0.493 e. The molecule has 3 nitrogen and oxygen atoms in total. The third-order valence-electron chi connectivity index (χ3n) is 7.64. The summed E-state index contributed by atoms with van der Waals surface area (Å²) in [4.78, 5) is 0. The first kappa shape index (κ1) is 19.3. The van der Waals surface area contributed by atoms with Crippen molar-refractivity contribution < 1.29 is 14.6 Å². The summed E-state index contributed by atoms with van der Waals surface area (Å²) in [6.07, 6.45) is 7.65. The largest absolute Gasteiger partial charge is 0.493 e. The van der Waals surface area contributed by atoms with Crippen molar-refractivity contribution in [2.45, 2.75) is 52.6 Å². The van der Waals surface area contributed by atoms with Gasteiger partial charge in [0.15, 0.2) is 0 Å². The quantitative estimate of drug-likeness (QED) is 0.678. The topological polar surface area (TPSA) is 38.7 Å². The SMILES string of the molecule is C=C1C=Cc2ccc(OCC3C(=C)CCC4C(C)(C)C(O)CCC34C)cc2O1. The summed E-state index contributed by atoms with van der Waals surface area (Å²) in [5.41, 5.74) is 2.37. The van der Waals surface area contributed by atoms with Crippen LogP contribution in [0, 0.1) is 22.7 Å². The Kier molecular flexibility index (Phi) is 4.70. The van der Waals surface area contributed by atoms with Crippen LogP contribution in [0.1, 0.15) is 52.0 Å². The van der Waals surface area contributed by atoms with E-state index in [1.54, 1.807) is 0 Å². The van der Waals surface area contributed by atoms with E-state index in [1.165, 1.54) is 5.57 Å². The number of hydrogen-bond donors (Lipinski definition) is 1. The molecule has 0 spiro atoms. The molecule has 0 radical (unpaired) electrons. The molecular weight excluding hydrogens is 348 g/mol. The fourth-order valence-electron chi connectivity index (χ4n) is 5.84. The molecule has 1 heterocycles. The Labute approximate surface area is 168 Å². The predicted octanol–water partition coefficient (Wildman–Crippen LogP) is 5.75. The Bertz CT molecular complexity index is 834. The molecule has 4 unspecified atom stereocenters. The maximum absolute atomic E-state index is 10.6. The van der Waals surface area contributed by atoms with Gasteiger partial charge in [0.05, 0.1) is 12.7 Å². The second-order valence-corrected chi connectivity index (χ2v) is 9.60. The predicted molar refractivity (Wildman–Crippen MR) is 113 cm³/mol. The molecule has 2 fully saturated rings. The molecule has 0 saturated heterocycles. The molecular formula is C25H32O3. The third-order valence-corrected chi connectivity index (χ3v) is 7.64. The summed E-state index contributed by atoms with van der Waals surface area (Å²) in [6.45, 7) is 15.7. The molecule has 4 rings (SSSR count). The van der Waals surface area contributed by atoms with E-state index in [9.17, 15) is 5.11 Å². The van der Waals surface area contributed by atoms with E-state index in [4.69, 9.17) is 9.47 Å². The summed E-state index contributed by atoms with van der Waals surface area (Å²) in [5, 5.41) is 10.6. The molecule has 1 aliphatic heterocycles. The molecule has 150 valence electrons. The summed E-state index contributed by atoms with van der Waals surface area (Å²) in [7, 11) is 0. The number of ether oxygens (including phenoxy) is 2. The van der Waals surface area contributed by atoms with Gasteiger partial charge in [0.1, 0.15) is 17.3 Å². The normalized spacial score (nSPS) is 33.6. The molecule has 0 bridgehead atoms. The highest BCUT2D eigenvalue weighted by Crippen LogP contribution is 2.60. The van der Waals surface area contributed by atoms with E-state index in [-0.39, 0.29) is 16.9 Å². The lowest BCUT2D eigenvalue weighted by molar-refractivity contribution is -0.128. The summed E-state index contributed by atoms with van der Waals surface area (Å²) in [6, 6.07) is 5.97. The Hall–Kier alpha value is -2.00. The van der Waals surface area contributed by atoms with Crippen molar-refractivity contribution in [2.75, 3.05) is 6.61 Å². The van der Waals surface area contributed by atoms with E-state index in [1.807, 2.05) is 30.4 Å². The number of allylic oxidation sites excluding steroid dienone is 1. The lowest BCUT2D eigenvalue weighted by atomic mass is 9.47. The van der Waals surface area contributed by atoms with Crippen molar-refractivity contribution in [2.24, 2.45) is 22.7 Å². The summed E-state index contributed by atoms with van der Waals surface area (Å²) < 4.78 is 12.0. The first-order valence-corrected chi connectivity index (χ1v) is 10.4. The zero-order chi connectivity index (χ0) is 20.1. The zero-order valence-electron chi connectivity index (χ0n) is 17.3. The molecule has 2 saturated carbocycles. The second-order valence-electron chi connectivity index (χ2n) is 9.60. The van der Waals surface area contributed by atoms with Crippen molar-refractivity contribution in [1.29, 1.82) is 0 Å². The Balaban J connectivity index is 1.54. The van der Waals surface area contributed by atoms with Crippen molar-refractivity contribution >= 4 is 6.08 Å². The fourth-order valence-corrected chi connectivity index (χ4v) is 5.84. The van der Waals surface area contributed by atoms with Crippen LogP contribution in [0.2, 0.25) is 0 Å². The van der Waals surface area contributed by atoms with Crippen LogP contribution in [-0.2, 0) is 0 Å². The number of benzene rings is 1. The van der Waals surface area contributed by atoms with Gasteiger partial charge in [0.2, 0.25) is 0 Å². The highest BCUT2D eigenvalue weighted by Gasteiger charge is 2.56. The van der Waals surface area contributed by atoms with Gasteiger partial charge in [-0.25, -0.2) is 0 Å². The standard InChI is InChI=1S/C25H32O3/c1-16-6-11-22-24(3,4)23(26)12-13-25(22,5)20(16)15-27-19-10-9-18-8-7-17(2)28-21(18)14-19/h7-10,14,20,22-23,26H,1-2,6,11-13,15H2,3-5H3. The van der Waals surface area contributed by atoms with Crippen LogP contribution in [0.15, 0.2) is 48.8 Å². The highest BCUT2D eigenvalue weighted by molar-refractivity contribution is 5.63. The molecule has 28 heavy (non-hydrogen) atoms. The van der Waals surface area contributed by atoms with Crippen LogP contribution >= 0.6 is 0 Å². The number of rotatable bonds is 3. The summed E-state index contributed by atoms with van der Waals surface area (Å²) in [5.74, 6) is 3.02. The fraction of sp³-hybridized carbons (Fsp3) is 0.520. The first-order chi connectivity index (χ1) is 13.2. The van der Waals surface area contributed by atoms with E-state index in [0.717, 1.165) is 42.7 Å². The van der Waals surface area contributed by atoms with Crippen LogP contribution in [0.25, 0.3) is 6.08 Å². The summed E-state index contributed by atoms with van der Waals surface area (Å²) >= 11 is 0. The number of aliphatic hydroxyl groups excluding tert-OH is 1. The van der Waals surface area contributed by atoms with E-state index >= 15 is 0 Å². The van der Waals surface area contributed by atoms with Gasteiger partial charge in [-0.2, -0.15) is 0 Å². The van der Waals surface area contributed by atoms with Crippen molar-refractivity contribution in [1.82, 2.24) is 0 Å². The molecule has 0 amide bonds. The molecule has 1 N–H and O–H groups in total. The monoisotopic (exact) mass is 380 g/mol. The third kappa shape index (κ3) is 3.10. The maximum atomic E-state index is 10.6. The molecule has 0 aromatic heterocycles. The molecule has 3 heteroatoms. The van der Waals surface area contributed by atoms with Gasteiger partial charge in [0, 0.05) is 17.5 Å². The Morgan fingerprint density at radius 3 is 2.75 bits per heavy atom. The van der Waals surface area contributed by atoms with Gasteiger partial charge >= 0.3 is 0 Å². The van der Waals surface area contributed by atoms with Crippen molar-refractivity contribution in [3.8, 4) is 11.5 Å². The molecule has 4 atom stereocenters. The van der Waals surface area contributed by atoms with Gasteiger partial charge in [0.25, 0.3) is 0 Å². The van der Waals surface area contributed by atoms with Crippen LogP contribution in [0.4, 0.5) is 0 Å². The molecule has 2 aliphatic carbocycles. The second kappa shape index (κ2) is 6.81. The molecule has 1 aromatic rings. The highest BCUT2D eigenvalue weighted by atomic mass is 16.5. The smallest absolute Gasteiger partial charge is 0.138 e. The average molecular weight is 381 g/mol. The van der Waals surface area contributed by atoms with E-state index in [0.29, 0.717) is 24.2 Å². The average Bonchev–Trinajstić information content (AvgIpc) is 2.64. The van der Waals surface area contributed by atoms with Gasteiger partial charge in [-0.1, -0.05) is 39.5 Å². The first-order valence-electron chi connectivity index (χ1n) is 10.4. The molecule has 1 aromatic carbocycles. The minimum atomic E-state index is -0.225. The number of aliphatic hydroxyl groups is 1. The lowest BCUT2D eigenvalue weighted by Crippen LogP contribution is -2.55.